The van der Waals surface area contributed by atoms with Crippen molar-refractivity contribution in [1.29, 1.82) is 0 Å². The minimum absolute atomic E-state index is 0.183. The fourth-order valence-corrected chi connectivity index (χ4v) is 3.84. The third kappa shape index (κ3) is 3.77. The zero-order valence-corrected chi connectivity index (χ0v) is 14.6. The lowest BCUT2D eigenvalue weighted by Crippen LogP contribution is -2.30. The number of H-pyrrole nitrogens is 1. The maximum Gasteiger partial charge on any atom is 0.223 e. The molecule has 0 aliphatic heterocycles. The first-order valence-corrected chi connectivity index (χ1v) is 8.94. The number of para-hydroxylation sites is 1. The lowest BCUT2D eigenvalue weighted by Gasteiger charge is -2.20. The molecule has 5 heteroatoms. The van der Waals surface area contributed by atoms with Crippen molar-refractivity contribution in [2.75, 3.05) is 6.54 Å². The Morgan fingerprint density at radius 1 is 1.26 bits per heavy atom. The zero-order valence-electron chi connectivity index (χ0n) is 13.0. The van der Waals surface area contributed by atoms with Gasteiger partial charge >= 0.3 is 0 Å². The molecule has 3 rings (SSSR count). The highest BCUT2D eigenvalue weighted by Crippen LogP contribution is 2.23. The second-order valence-electron chi connectivity index (χ2n) is 5.47. The lowest BCUT2D eigenvalue weighted by atomic mass is 10.1. The van der Waals surface area contributed by atoms with Crippen LogP contribution in [0.2, 0.25) is 4.34 Å². The number of benzene rings is 1. The SMILES string of the molecule is CCN(Cc1ccc(Cl)s1)C(=O)CCc1c[nH]c2ccccc12. The Balaban J connectivity index is 1.63. The van der Waals surface area contributed by atoms with E-state index in [0.29, 0.717) is 19.5 Å². The number of fused-ring (bicyclic) bond motifs is 1. The number of aromatic nitrogens is 1. The van der Waals surface area contributed by atoms with Crippen LogP contribution in [0.3, 0.4) is 0 Å². The average molecular weight is 347 g/mol. The van der Waals surface area contributed by atoms with Crippen LogP contribution in [-0.4, -0.2) is 22.3 Å². The number of nitrogens with zero attached hydrogens (tertiary/aromatic N) is 1. The fourth-order valence-electron chi connectivity index (χ4n) is 2.74. The van der Waals surface area contributed by atoms with Crippen LogP contribution in [0.25, 0.3) is 10.9 Å². The standard InChI is InChI=1S/C18H19ClN2OS/c1-2-21(12-14-8-9-17(19)23-14)18(22)10-7-13-11-20-16-6-4-3-5-15(13)16/h3-6,8-9,11,20H,2,7,10,12H2,1H3. The van der Waals surface area contributed by atoms with Gasteiger partial charge in [-0.2, -0.15) is 0 Å². The third-order valence-electron chi connectivity index (χ3n) is 3.99. The topological polar surface area (TPSA) is 36.1 Å². The van der Waals surface area contributed by atoms with E-state index in [1.165, 1.54) is 22.3 Å². The van der Waals surface area contributed by atoms with Gasteiger partial charge in [0.05, 0.1) is 10.9 Å². The quantitative estimate of drug-likeness (QED) is 0.679. The molecule has 0 saturated heterocycles. The zero-order chi connectivity index (χ0) is 16.2. The molecule has 0 spiro atoms. The summed E-state index contributed by atoms with van der Waals surface area (Å²) in [5.41, 5.74) is 2.32. The van der Waals surface area contributed by atoms with Gasteiger partial charge in [0.25, 0.3) is 0 Å². The maximum atomic E-state index is 12.5. The van der Waals surface area contributed by atoms with E-state index in [2.05, 4.69) is 17.1 Å². The molecule has 1 amide bonds. The Kier molecular flexibility index (Phi) is 5.03. The van der Waals surface area contributed by atoms with Gasteiger partial charge in [-0.15, -0.1) is 11.3 Å². The smallest absolute Gasteiger partial charge is 0.223 e. The van der Waals surface area contributed by atoms with Crippen molar-refractivity contribution in [2.45, 2.75) is 26.3 Å². The van der Waals surface area contributed by atoms with Crippen molar-refractivity contribution in [3.63, 3.8) is 0 Å². The van der Waals surface area contributed by atoms with Crippen molar-refractivity contribution < 1.29 is 4.79 Å². The number of thiophene rings is 1. The molecule has 120 valence electrons. The second kappa shape index (κ2) is 7.20. The number of halogens is 1. The Hall–Kier alpha value is -1.78. The molecular formula is C18H19ClN2OS. The predicted molar refractivity (Wildman–Crippen MR) is 97.0 cm³/mol. The number of carbonyl (C=O) groups is 1. The van der Waals surface area contributed by atoms with Crippen LogP contribution in [0.1, 0.15) is 23.8 Å². The Morgan fingerprint density at radius 2 is 2.09 bits per heavy atom. The molecular weight excluding hydrogens is 328 g/mol. The summed E-state index contributed by atoms with van der Waals surface area (Å²) in [6.45, 7) is 3.36. The number of nitrogens with one attached hydrogen (secondary N) is 1. The highest BCUT2D eigenvalue weighted by Gasteiger charge is 2.14. The highest BCUT2D eigenvalue weighted by molar-refractivity contribution is 7.16. The fraction of sp³-hybridized carbons (Fsp3) is 0.278. The van der Waals surface area contributed by atoms with E-state index in [-0.39, 0.29) is 5.91 Å². The first-order valence-electron chi connectivity index (χ1n) is 7.74. The number of hydrogen-bond donors (Lipinski definition) is 1. The summed E-state index contributed by atoms with van der Waals surface area (Å²) < 4.78 is 0.766. The summed E-state index contributed by atoms with van der Waals surface area (Å²) >= 11 is 7.50. The van der Waals surface area contributed by atoms with Gasteiger partial charge < -0.3 is 9.88 Å². The van der Waals surface area contributed by atoms with E-state index in [0.717, 1.165) is 21.2 Å². The normalized spacial score (nSPS) is 11.0. The molecule has 0 atom stereocenters. The van der Waals surface area contributed by atoms with Crippen LogP contribution in [0.4, 0.5) is 0 Å². The van der Waals surface area contributed by atoms with E-state index >= 15 is 0 Å². The Morgan fingerprint density at radius 3 is 2.83 bits per heavy atom. The van der Waals surface area contributed by atoms with E-state index in [4.69, 9.17) is 11.6 Å². The Bertz CT molecular complexity index is 808. The number of amides is 1. The molecule has 0 fully saturated rings. The van der Waals surface area contributed by atoms with Gasteiger partial charge in [0.1, 0.15) is 0 Å². The number of carbonyl (C=O) groups excluding carboxylic acids is 1. The van der Waals surface area contributed by atoms with Gasteiger partial charge in [0.15, 0.2) is 0 Å². The van der Waals surface area contributed by atoms with Crippen molar-refractivity contribution in [1.82, 2.24) is 9.88 Å². The van der Waals surface area contributed by atoms with Crippen LogP contribution >= 0.6 is 22.9 Å². The highest BCUT2D eigenvalue weighted by atomic mass is 35.5. The maximum absolute atomic E-state index is 12.5. The van der Waals surface area contributed by atoms with Gasteiger partial charge in [-0.25, -0.2) is 0 Å². The average Bonchev–Trinajstić information content (AvgIpc) is 3.16. The molecule has 23 heavy (non-hydrogen) atoms. The van der Waals surface area contributed by atoms with Gasteiger partial charge in [0, 0.05) is 34.9 Å². The van der Waals surface area contributed by atoms with Gasteiger partial charge in [0.2, 0.25) is 5.91 Å². The summed E-state index contributed by atoms with van der Waals surface area (Å²) in [6, 6.07) is 12.1. The van der Waals surface area contributed by atoms with Crippen LogP contribution < -0.4 is 0 Å². The predicted octanol–water partition coefficient (Wildman–Crippen LogP) is 4.86. The van der Waals surface area contributed by atoms with Crippen molar-refractivity contribution >= 4 is 39.7 Å². The van der Waals surface area contributed by atoms with Crippen molar-refractivity contribution in [3.05, 3.63) is 57.4 Å². The van der Waals surface area contributed by atoms with Crippen LogP contribution in [-0.2, 0) is 17.8 Å². The number of aryl methyl sites for hydroxylation is 1. The molecule has 3 aromatic rings. The molecule has 2 heterocycles. The molecule has 0 radical (unpaired) electrons. The monoisotopic (exact) mass is 346 g/mol. The number of aromatic amines is 1. The van der Waals surface area contributed by atoms with Crippen LogP contribution in [0.5, 0.6) is 0 Å². The summed E-state index contributed by atoms with van der Waals surface area (Å²) in [4.78, 5) is 18.8. The molecule has 0 bridgehead atoms. The number of rotatable bonds is 6. The van der Waals surface area contributed by atoms with Crippen molar-refractivity contribution in [2.24, 2.45) is 0 Å². The first kappa shape index (κ1) is 16.1. The van der Waals surface area contributed by atoms with Crippen molar-refractivity contribution in [3.8, 4) is 0 Å². The Labute approximate surface area is 144 Å². The largest absolute Gasteiger partial charge is 0.361 e. The molecule has 1 N–H and O–H groups in total. The van der Waals surface area contributed by atoms with E-state index in [1.54, 1.807) is 0 Å². The summed E-state index contributed by atoms with van der Waals surface area (Å²) in [6.07, 6.45) is 3.28. The molecule has 1 aromatic carbocycles. The van der Waals surface area contributed by atoms with Gasteiger partial charge in [-0.3, -0.25) is 4.79 Å². The molecule has 2 aromatic heterocycles. The van der Waals surface area contributed by atoms with E-state index in [9.17, 15) is 4.79 Å². The molecule has 0 unspecified atom stereocenters. The van der Waals surface area contributed by atoms with E-state index < -0.39 is 0 Å². The van der Waals surface area contributed by atoms with Crippen LogP contribution in [0.15, 0.2) is 42.6 Å². The van der Waals surface area contributed by atoms with Gasteiger partial charge in [-0.1, -0.05) is 29.8 Å². The lowest BCUT2D eigenvalue weighted by molar-refractivity contribution is -0.131. The summed E-state index contributed by atoms with van der Waals surface area (Å²) in [5, 5.41) is 1.20. The number of hydrogen-bond acceptors (Lipinski definition) is 2. The third-order valence-corrected chi connectivity index (χ3v) is 5.21. The summed E-state index contributed by atoms with van der Waals surface area (Å²) in [5.74, 6) is 0.183. The molecule has 0 aliphatic rings. The molecule has 3 nitrogen and oxygen atoms in total. The minimum atomic E-state index is 0.183. The molecule has 0 aliphatic carbocycles. The first-order chi connectivity index (χ1) is 11.2. The van der Waals surface area contributed by atoms with Crippen LogP contribution in [0, 0.1) is 0 Å². The molecule has 0 saturated carbocycles. The van der Waals surface area contributed by atoms with Gasteiger partial charge in [-0.05, 0) is 37.1 Å². The summed E-state index contributed by atoms with van der Waals surface area (Å²) in [7, 11) is 0. The minimum Gasteiger partial charge on any atom is -0.361 e. The van der Waals surface area contributed by atoms with E-state index in [1.807, 2.05) is 42.3 Å². The second-order valence-corrected chi connectivity index (χ2v) is 7.27.